The van der Waals surface area contributed by atoms with E-state index in [9.17, 15) is 9.18 Å². The van der Waals surface area contributed by atoms with Crippen LogP contribution in [-0.4, -0.2) is 50.4 Å². The third kappa shape index (κ3) is 4.98. The molecule has 8 nitrogen and oxygen atoms in total. The molecule has 0 saturated carbocycles. The summed E-state index contributed by atoms with van der Waals surface area (Å²) in [7, 11) is 1.92. The van der Waals surface area contributed by atoms with Crippen LogP contribution in [0.3, 0.4) is 0 Å². The number of aryl methyl sites for hydroxylation is 2. The fraction of sp³-hybridized carbons (Fsp3) is 0.478. The van der Waals surface area contributed by atoms with E-state index in [0.717, 1.165) is 23.4 Å². The number of rotatable bonds is 8. The number of ether oxygens (including phenoxy) is 1. The van der Waals surface area contributed by atoms with Crippen LogP contribution in [-0.2, 0) is 24.7 Å². The van der Waals surface area contributed by atoms with E-state index in [2.05, 4.69) is 15.2 Å². The van der Waals surface area contributed by atoms with Crippen molar-refractivity contribution in [2.45, 2.75) is 45.4 Å². The topological polar surface area (TPSA) is 86.3 Å². The van der Waals surface area contributed by atoms with E-state index >= 15 is 0 Å². The first-order valence-corrected chi connectivity index (χ1v) is 10.9. The minimum atomic E-state index is -0.299. The number of halogens is 1. The lowest BCUT2D eigenvalue weighted by Gasteiger charge is -2.15. The standard InChI is InChI=1S/C23H28FN5O3/c1-15-20(16(2)28(3)26-15)8-9-22(30)29-12-10-17(14-29)23-25-21(27-32-23)11-13-31-19-6-4-18(24)5-7-19/h4-7,17H,8-14H2,1-3H3. The van der Waals surface area contributed by atoms with Gasteiger partial charge in [0.15, 0.2) is 5.82 Å². The van der Waals surface area contributed by atoms with E-state index in [1.165, 1.54) is 12.1 Å². The first-order chi connectivity index (χ1) is 15.4. The van der Waals surface area contributed by atoms with Crippen molar-refractivity contribution in [1.29, 1.82) is 0 Å². The van der Waals surface area contributed by atoms with Gasteiger partial charge in [0.25, 0.3) is 0 Å². The van der Waals surface area contributed by atoms with Crippen molar-refractivity contribution < 1.29 is 18.4 Å². The second-order valence-corrected chi connectivity index (χ2v) is 8.20. The highest BCUT2D eigenvalue weighted by molar-refractivity contribution is 5.77. The van der Waals surface area contributed by atoms with Crippen LogP contribution in [0.4, 0.5) is 4.39 Å². The Morgan fingerprint density at radius 2 is 2.03 bits per heavy atom. The van der Waals surface area contributed by atoms with Crippen molar-refractivity contribution in [3.8, 4) is 5.75 Å². The molecule has 170 valence electrons. The molecule has 1 aliphatic rings. The van der Waals surface area contributed by atoms with E-state index in [0.29, 0.717) is 56.4 Å². The summed E-state index contributed by atoms with van der Waals surface area (Å²) in [5, 5.41) is 8.46. The lowest BCUT2D eigenvalue weighted by Crippen LogP contribution is -2.28. The van der Waals surface area contributed by atoms with Gasteiger partial charge in [0.1, 0.15) is 11.6 Å². The van der Waals surface area contributed by atoms with Crippen molar-refractivity contribution in [3.63, 3.8) is 0 Å². The summed E-state index contributed by atoms with van der Waals surface area (Å²) >= 11 is 0. The summed E-state index contributed by atoms with van der Waals surface area (Å²) in [5.74, 6) is 1.62. The maximum absolute atomic E-state index is 12.9. The predicted molar refractivity (Wildman–Crippen MR) is 115 cm³/mol. The molecular weight excluding hydrogens is 413 g/mol. The van der Waals surface area contributed by atoms with Gasteiger partial charge in [-0.3, -0.25) is 9.48 Å². The number of hydrogen-bond donors (Lipinski definition) is 0. The highest BCUT2D eigenvalue weighted by Gasteiger charge is 2.31. The number of amides is 1. The average Bonchev–Trinajstić information content (AvgIpc) is 3.49. The van der Waals surface area contributed by atoms with Gasteiger partial charge in [-0.15, -0.1) is 0 Å². The van der Waals surface area contributed by atoms with Gasteiger partial charge < -0.3 is 14.2 Å². The maximum Gasteiger partial charge on any atom is 0.231 e. The second-order valence-electron chi connectivity index (χ2n) is 8.20. The van der Waals surface area contributed by atoms with Gasteiger partial charge in [-0.25, -0.2) is 4.39 Å². The Balaban J connectivity index is 1.24. The average molecular weight is 442 g/mol. The molecule has 1 aliphatic heterocycles. The lowest BCUT2D eigenvalue weighted by atomic mass is 10.1. The Morgan fingerprint density at radius 1 is 1.25 bits per heavy atom. The largest absolute Gasteiger partial charge is 0.493 e. The molecule has 9 heteroatoms. The Kier molecular flexibility index (Phi) is 6.53. The van der Waals surface area contributed by atoms with Crippen molar-refractivity contribution >= 4 is 5.91 Å². The smallest absolute Gasteiger partial charge is 0.231 e. The Hall–Kier alpha value is -3.23. The van der Waals surface area contributed by atoms with Crippen LogP contribution < -0.4 is 4.74 Å². The summed E-state index contributed by atoms with van der Waals surface area (Å²) in [4.78, 5) is 19.1. The van der Waals surface area contributed by atoms with Crippen LogP contribution in [0.1, 0.15) is 47.4 Å². The number of benzene rings is 1. The molecule has 0 bridgehead atoms. The molecule has 1 unspecified atom stereocenters. The molecule has 2 aromatic heterocycles. The van der Waals surface area contributed by atoms with E-state index < -0.39 is 0 Å². The number of nitrogens with zero attached hydrogens (tertiary/aromatic N) is 5. The molecule has 32 heavy (non-hydrogen) atoms. The van der Waals surface area contributed by atoms with Crippen LogP contribution in [0, 0.1) is 19.7 Å². The van der Waals surface area contributed by atoms with Gasteiger partial charge in [-0.1, -0.05) is 5.16 Å². The van der Waals surface area contributed by atoms with Gasteiger partial charge in [0, 0.05) is 38.7 Å². The molecule has 1 saturated heterocycles. The number of hydrogen-bond acceptors (Lipinski definition) is 6. The fourth-order valence-electron chi connectivity index (χ4n) is 4.08. The summed E-state index contributed by atoms with van der Waals surface area (Å²) < 4.78 is 25.8. The van der Waals surface area contributed by atoms with Crippen LogP contribution in [0.2, 0.25) is 0 Å². The predicted octanol–water partition coefficient (Wildman–Crippen LogP) is 3.13. The number of likely N-dealkylation sites (tertiary alicyclic amines) is 1. The van der Waals surface area contributed by atoms with Crippen molar-refractivity contribution in [1.82, 2.24) is 24.8 Å². The first kappa shape index (κ1) is 22.0. The monoisotopic (exact) mass is 441 g/mol. The minimum absolute atomic E-state index is 0.0556. The summed E-state index contributed by atoms with van der Waals surface area (Å²) in [6, 6.07) is 5.87. The zero-order chi connectivity index (χ0) is 22.7. The SMILES string of the molecule is Cc1nn(C)c(C)c1CCC(=O)N1CCC(c2nc(CCOc3ccc(F)cc3)no2)C1. The van der Waals surface area contributed by atoms with Crippen LogP contribution in [0.5, 0.6) is 5.75 Å². The first-order valence-electron chi connectivity index (χ1n) is 10.9. The van der Waals surface area contributed by atoms with Gasteiger partial charge in [0.05, 0.1) is 18.2 Å². The van der Waals surface area contributed by atoms with Gasteiger partial charge in [-0.05, 0) is 56.5 Å². The van der Waals surface area contributed by atoms with E-state index in [1.807, 2.05) is 30.5 Å². The molecule has 0 radical (unpaired) electrons. The highest BCUT2D eigenvalue weighted by atomic mass is 19.1. The van der Waals surface area contributed by atoms with Crippen LogP contribution in [0.15, 0.2) is 28.8 Å². The van der Waals surface area contributed by atoms with E-state index in [-0.39, 0.29) is 17.6 Å². The number of carbonyl (C=O) groups excluding carboxylic acids is 1. The molecule has 1 atom stereocenters. The highest BCUT2D eigenvalue weighted by Crippen LogP contribution is 2.27. The Bertz CT molecular complexity index is 1080. The van der Waals surface area contributed by atoms with Gasteiger partial charge >= 0.3 is 0 Å². The second kappa shape index (κ2) is 9.50. The molecular formula is C23H28FN5O3. The van der Waals surface area contributed by atoms with Crippen LogP contribution >= 0.6 is 0 Å². The summed E-state index contributed by atoms with van der Waals surface area (Å²) in [5.41, 5.74) is 3.25. The molecule has 1 aromatic carbocycles. The summed E-state index contributed by atoms with van der Waals surface area (Å²) in [6.45, 7) is 5.67. The lowest BCUT2D eigenvalue weighted by molar-refractivity contribution is -0.130. The third-order valence-corrected chi connectivity index (χ3v) is 6.03. The molecule has 0 aliphatic carbocycles. The fourth-order valence-corrected chi connectivity index (χ4v) is 4.08. The number of aromatic nitrogens is 4. The Labute approximate surface area is 186 Å². The van der Waals surface area contributed by atoms with Crippen molar-refractivity contribution in [2.24, 2.45) is 7.05 Å². The maximum atomic E-state index is 12.9. The molecule has 0 N–H and O–H groups in total. The third-order valence-electron chi connectivity index (χ3n) is 6.03. The summed E-state index contributed by atoms with van der Waals surface area (Å²) in [6.07, 6.45) is 2.46. The van der Waals surface area contributed by atoms with Crippen molar-refractivity contribution in [2.75, 3.05) is 19.7 Å². The van der Waals surface area contributed by atoms with Crippen LogP contribution in [0.25, 0.3) is 0 Å². The van der Waals surface area contributed by atoms with Gasteiger partial charge in [0.2, 0.25) is 11.8 Å². The zero-order valence-electron chi connectivity index (χ0n) is 18.7. The quantitative estimate of drug-likeness (QED) is 0.534. The molecule has 0 spiro atoms. The molecule has 3 heterocycles. The Morgan fingerprint density at radius 3 is 2.75 bits per heavy atom. The molecule has 1 fully saturated rings. The minimum Gasteiger partial charge on any atom is -0.493 e. The molecule has 1 amide bonds. The van der Waals surface area contributed by atoms with Gasteiger partial charge in [-0.2, -0.15) is 10.1 Å². The van der Waals surface area contributed by atoms with E-state index in [4.69, 9.17) is 9.26 Å². The van der Waals surface area contributed by atoms with E-state index in [1.54, 1.807) is 12.1 Å². The normalized spacial score (nSPS) is 16.0. The zero-order valence-corrected chi connectivity index (χ0v) is 18.7. The molecule has 3 aromatic rings. The number of carbonyl (C=O) groups is 1. The molecule has 4 rings (SSSR count). The van der Waals surface area contributed by atoms with Crippen molar-refractivity contribution in [3.05, 3.63) is 58.7 Å².